The Labute approximate surface area is 116 Å². The van der Waals surface area contributed by atoms with E-state index in [0.29, 0.717) is 17.9 Å². The lowest BCUT2D eigenvalue weighted by molar-refractivity contribution is 0.0491. The number of hydrogen-bond acceptors (Lipinski definition) is 5. The summed E-state index contributed by atoms with van der Waals surface area (Å²) in [5.74, 6) is 0.503. The molecule has 0 aliphatic carbocycles. The SMILES string of the molecule is Cc1ccc(C(=O)OCCn2c(N=O)cnc2C)cc1. The summed E-state index contributed by atoms with van der Waals surface area (Å²) in [6.07, 6.45) is 1.39. The monoisotopic (exact) mass is 273 g/mol. The molecule has 0 N–H and O–H groups in total. The van der Waals surface area contributed by atoms with E-state index in [0.717, 1.165) is 5.56 Å². The van der Waals surface area contributed by atoms with Crippen molar-refractivity contribution in [2.75, 3.05) is 6.61 Å². The molecule has 0 radical (unpaired) electrons. The van der Waals surface area contributed by atoms with Crippen LogP contribution in [0, 0.1) is 18.8 Å². The number of aromatic nitrogens is 2. The lowest BCUT2D eigenvalue weighted by Gasteiger charge is -2.08. The summed E-state index contributed by atoms with van der Waals surface area (Å²) in [5, 5.41) is 2.87. The lowest BCUT2D eigenvalue weighted by Crippen LogP contribution is -2.12. The van der Waals surface area contributed by atoms with E-state index in [9.17, 15) is 9.70 Å². The van der Waals surface area contributed by atoms with Crippen molar-refractivity contribution in [3.05, 3.63) is 52.3 Å². The number of imidazole rings is 1. The zero-order valence-electron chi connectivity index (χ0n) is 11.4. The molecule has 0 aliphatic rings. The molecule has 0 saturated heterocycles. The van der Waals surface area contributed by atoms with Gasteiger partial charge in [-0.05, 0) is 31.2 Å². The van der Waals surface area contributed by atoms with Gasteiger partial charge in [-0.25, -0.2) is 9.78 Å². The standard InChI is InChI=1S/C14H15N3O3/c1-10-3-5-12(6-4-10)14(18)20-8-7-17-11(2)15-9-13(17)16-19/h3-6,9H,7-8H2,1-2H3. The summed E-state index contributed by atoms with van der Waals surface area (Å²) in [7, 11) is 0. The molecule has 0 atom stereocenters. The third-order valence-electron chi connectivity index (χ3n) is 2.96. The van der Waals surface area contributed by atoms with Crippen LogP contribution < -0.4 is 0 Å². The van der Waals surface area contributed by atoms with Crippen LogP contribution in [0.1, 0.15) is 21.7 Å². The summed E-state index contributed by atoms with van der Waals surface area (Å²) in [5.41, 5.74) is 1.59. The van der Waals surface area contributed by atoms with Gasteiger partial charge in [0.15, 0.2) is 5.82 Å². The highest BCUT2D eigenvalue weighted by Crippen LogP contribution is 2.13. The number of rotatable bonds is 5. The zero-order valence-corrected chi connectivity index (χ0v) is 11.4. The molecule has 6 heteroatoms. The van der Waals surface area contributed by atoms with Crippen LogP contribution in [0.2, 0.25) is 0 Å². The molecule has 0 unspecified atom stereocenters. The zero-order chi connectivity index (χ0) is 14.5. The van der Waals surface area contributed by atoms with Gasteiger partial charge < -0.3 is 9.30 Å². The normalized spacial score (nSPS) is 10.3. The Balaban J connectivity index is 1.92. The van der Waals surface area contributed by atoms with Gasteiger partial charge in [-0.15, -0.1) is 4.91 Å². The van der Waals surface area contributed by atoms with Crippen LogP contribution in [-0.4, -0.2) is 22.1 Å². The third kappa shape index (κ3) is 3.09. The third-order valence-corrected chi connectivity index (χ3v) is 2.96. The molecule has 6 nitrogen and oxygen atoms in total. The largest absolute Gasteiger partial charge is 0.460 e. The van der Waals surface area contributed by atoms with E-state index >= 15 is 0 Å². The predicted molar refractivity (Wildman–Crippen MR) is 73.9 cm³/mol. The average Bonchev–Trinajstić information content (AvgIpc) is 2.80. The molecule has 2 rings (SSSR count). The predicted octanol–water partition coefficient (Wildman–Crippen LogP) is 2.75. The minimum Gasteiger partial charge on any atom is -0.460 e. The molecule has 104 valence electrons. The minimum absolute atomic E-state index is 0.159. The quantitative estimate of drug-likeness (QED) is 0.620. The number of nitrogens with zero attached hydrogens (tertiary/aromatic N) is 3. The van der Waals surface area contributed by atoms with Gasteiger partial charge in [0.2, 0.25) is 0 Å². The number of nitroso groups, excluding NO2 is 1. The number of aryl methyl sites for hydroxylation is 2. The van der Waals surface area contributed by atoms with Gasteiger partial charge in [-0.1, -0.05) is 17.7 Å². The first kappa shape index (κ1) is 13.9. The van der Waals surface area contributed by atoms with Gasteiger partial charge in [-0.3, -0.25) is 0 Å². The molecule has 0 spiro atoms. The maximum Gasteiger partial charge on any atom is 0.338 e. The molecule has 1 aromatic carbocycles. The molecule has 0 amide bonds. The summed E-state index contributed by atoms with van der Waals surface area (Å²) in [6, 6.07) is 7.15. The van der Waals surface area contributed by atoms with Crippen molar-refractivity contribution in [3.63, 3.8) is 0 Å². The highest BCUT2D eigenvalue weighted by molar-refractivity contribution is 5.89. The number of carbonyl (C=O) groups is 1. The Morgan fingerprint density at radius 2 is 2.00 bits per heavy atom. The van der Waals surface area contributed by atoms with Crippen LogP contribution in [-0.2, 0) is 11.3 Å². The number of benzene rings is 1. The van der Waals surface area contributed by atoms with Crippen molar-refractivity contribution in [3.8, 4) is 0 Å². The second-order valence-corrected chi connectivity index (χ2v) is 4.41. The van der Waals surface area contributed by atoms with Crippen molar-refractivity contribution in [2.45, 2.75) is 20.4 Å². The molecule has 0 bridgehead atoms. The number of carbonyl (C=O) groups excluding carboxylic acids is 1. The first-order valence-electron chi connectivity index (χ1n) is 6.21. The Morgan fingerprint density at radius 3 is 2.65 bits per heavy atom. The van der Waals surface area contributed by atoms with E-state index in [2.05, 4.69) is 10.2 Å². The van der Waals surface area contributed by atoms with Crippen LogP contribution in [0.5, 0.6) is 0 Å². The maximum atomic E-state index is 11.8. The van der Waals surface area contributed by atoms with Gasteiger partial charge in [0.05, 0.1) is 18.3 Å². The number of hydrogen-bond donors (Lipinski definition) is 0. The Bertz CT molecular complexity index is 617. The van der Waals surface area contributed by atoms with Crippen LogP contribution in [0.15, 0.2) is 35.6 Å². The highest BCUT2D eigenvalue weighted by atomic mass is 16.5. The Kier molecular flexibility index (Phi) is 4.24. The highest BCUT2D eigenvalue weighted by Gasteiger charge is 2.09. The topological polar surface area (TPSA) is 73.6 Å². The first-order chi connectivity index (χ1) is 9.61. The van der Waals surface area contributed by atoms with Gasteiger partial charge in [-0.2, -0.15) is 0 Å². The Hall–Kier alpha value is -2.50. The van der Waals surface area contributed by atoms with Crippen molar-refractivity contribution in [2.24, 2.45) is 5.18 Å². The van der Waals surface area contributed by atoms with E-state index in [1.165, 1.54) is 6.20 Å². The molecule has 1 aromatic heterocycles. The Morgan fingerprint density at radius 1 is 1.30 bits per heavy atom. The van der Waals surface area contributed by atoms with Crippen LogP contribution in [0.25, 0.3) is 0 Å². The second-order valence-electron chi connectivity index (χ2n) is 4.41. The fraction of sp³-hybridized carbons (Fsp3) is 0.286. The maximum absolute atomic E-state index is 11.8. The first-order valence-corrected chi connectivity index (χ1v) is 6.21. The van der Waals surface area contributed by atoms with E-state index in [4.69, 9.17) is 4.74 Å². The molecule has 0 aliphatic heterocycles. The van der Waals surface area contributed by atoms with Crippen LogP contribution in [0.3, 0.4) is 0 Å². The van der Waals surface area contributed by atoms with Crippen molar-refractivity contribution in [1.82, 2.24) is 9.55 Å². The lowest BCUT2D eigenvalue weighted by atomic mass is 10.1. The molecule has 0 fully saturated rings. The van der Waals surface area contributed by atoms with Gasteiger partial charge in [0, 0.05) is 0 Å². The molecule has 1 heterocycles. The summed E-state index contributed by atoms with van der Waals surface area (Å²) < 4.78 is 6.77. The summed E-state index contributed by atoms with van der Waals surface area (Å²) >= 11 is 0. The number of ether oxygens (including phenoxy) is 1. The number of esters is 1. The van der Waals surface area contributed by atoms with Gasteiger partial charge in [0.1, 0.15) is 12.4 Å². The summed E-state index contributed by atoms with van der Waals surface area (Å²) in [4.78, 5) is 26.3. The van der Waals surface area contributed by atoms with Crippen LogP contribution in [0.4, 0.5) is 5.82 Å². The molecular formula is C14H15N3O3. The van der Waals surface area contributed by atoms with E-state index in [1.807, 2.05) is 19.1 Å². The molecule has 2 aromatic rings. The van der Waals surface area contributed by atoms with E-state index in [1.54, 1.807) is 23.6 Å². The molecule has 0 saturated carbocycles. The van der Waals surface area contributed by atoms with Crippen LogP contribution >= 0.6 is 0 Å². The molecule has 20 heavy (non-hydrogen) atoms. The molecular weight excluding hydrogens is 258 g/mol. The van der Waals surface area contributed by atoms with Gasteiger partial charge >= 0.3 is 5.97 Å². The minimum atomic E-state index is -0.386. The second kappa shape index (κ2) is 6.10. The smallest absolute Gasteiger partial charge is 0.338 e. The van der Waals surface area contributed by atoms with E-state index < -0.39 is 0 Å². The average molecular weight is 273 g/mol. The van der Waals surface area contributed by atoms with Crippen molar-refractivity contribution >= 4 is 11.8 Å². The van der Waals surface area contributed by atoms with Crippen molar-refractivity contribution in [1.29, 1.82) is 0 Å². The fourth-order valence-electron chi connectivity index (χ4n) is 1.81. The van der Waals surface area contributed by atoms with E-state index in [-0.39, 0.29) is 18.4 Å². The van der Waals surface area contributed by atoms with Crippen molar-refractivity contribution < 1.29 is 9.53 Å². The fourth-order valence-corrected chi connectivity index (χ4v) is 1.81. The summed E-state index contributed by atoms with van der Waals surface area (Å²) in [6.45, 7) is 4.22. The van der Waals surface area contributed by atoms with Gasteiger partial charge in [0.25, 0.3) is 0 Å².